The minimum Gasteiger partial charge on any atom is -0.452 e. The first-order valence-corrected chi connectivity index (χ1v) is 7.06. The van der Waals surface area contributed by atoms with Crippen molar-refractivity contribution >= 4 is 27.3 Å². The van der Waals surface area contributed by atoms with E-state index in [1.807, 2.05) is 26.2 Å². The van der Waals surface area contributed by atoms with Crippen molar-refractivity contribution in [2.24, 2.45) is 0 Å². The molecule has 0 saturated heterocycles. The lowest BCUT2D eigenvalue weighted by atomic mass is 10.1. The van der Waals surface area contributed by atoms with E-state index in [1.165, 1.54) is 11.3 Å². The molecule has 102 valence electrons. The predicted molar refractivity (Wildman–Crippen MR) is 84.0 cm³/mol. The number of hydrogen-bond acceptors (Lipinski definition) is 3. The van der Waals surface area contributed by atoms with E-state index in [9.17, 15) is 0 Å². The highest BCUT2D eigenvalue weighted by Crippen LogP contribution is 2.27. The molecular weight excluding hydrogens is 304 g/mol. The summed E-state index contributed by atoms with van der Waals surface area (Å²) in [7, 11) is 4.09. The third-order valence-electron chi connectivity index (χ3n) is 3.12. The molecule has 2 aromatic rings. The van der Waals surface area contributed by atoms with E-state index in [2.05, 4.69) is 58.2 Å². The van der Waals surface area contributed by atoms with Crippen molar-refractivity contribution in [2.75, 3.05) is 24.3 Å². The summed E-state index contributed by atoms with van der Waals surface area (Å²) in [6.45, 7) is 4.20. The number of halogens is 1. The van der Waals surface area contributed by atoms with Crippen LogP contribution in [0.5, 0.6) is 0 Å². The first-order valence-electron chi connectivity index (χ1n) is 6.27. The maximum Gasteiger partial charge on any atom is 0.169 e. The molecule has 0 saturated carbocycles. The number of nitrogens with zero attached hydrogens (tertiary/aromatic N) is 1. The Morgan fingerprint density at radius 1 is 1.21 bits per heavy atom. The van der Waals surface area contributed by atoms with Crippen LogP contribution in [0.4, 0.5) is 11.4 Å². The summed E-state index contributed by atoms with van der Waals surface area (Å²) in [5, 5.41) is 3.47. The van der Waals surface area contributed by atoms with Crippen molar-refractivity contribution < 1.29 is 4.42 Å². The Morgan fingerprint density at radius 3 is 2.47 bits per heavy atom. The molecular formula is C15H19BrN2O. The van der Waals surface area contributed by atoms with E-state index >= 15 is 0 Å². The summed E-state index contributed by atoms with van der Waals surface area (Å²) in [6, 6.07) is 10.4. The molecule has 1 heterocycles. The summed E-state index contributed by atoms with van der Waals surface area (Å²) in [4.78, 5) is 2.10. The fourth-order valence-electron chi connectivity index (χ4n) is 1.95. The van der Waals surface area contributed by atoms with Gasteiger partial charge < -0.3 is 14.6 Å². The van der Waals surface area contributed by atoms with Gasteiger partial charge in [-0.1, -0.05) is 0 Å². The normalized spacial score (nSPS) is 12.3. The fourth-order valence-corrected chi connectivity index (χ4v) is 2.27. The van der Waals surface area contributed by atoms with Crippen molar-refractivity contribution in [3.05, 3.63) is 46.3 Å². The number of nitrogens with one attached hydrogen (secondary N) is 1. The molecule has 2 rings (SSSR count). The minimum absolute atomic E-state index is 0.134. The lowest BCUT2D eigenvalue weighted by Crippen LogP contribution is -2.10. The van der Waals surface area contributed by atoms with Crippen molar-refractivity contribution in [3.8, 4) is 0 Å². The molecule has 1 N–H and O–H groups in total. The van der Waals surface area contributed by atoms with E-state index in [4.69, 9.17) is 4.42 Å². The van der Waals surface area contributed by atoms with E-state index < -0.39 is 0 Å². The zero-order valence-corrected chi connectivity index (χ0v) is 13.3. The molecule has 0 aliphatic carbocycles. The molecule has 19 heavy (non-hydrogen) atoms. The van der Waals surface area contributed by atoms with E-state index in [1.54, 1.807) is 0 Å². The van der Waals surface area contributed by atoms with Crippen LogP contribution >= 0.6 is 15.9 Å². The highest BCUT2D eigenvalue weighted by atomic mass is 79.9. The van der Waals surface area contributed by atoms with Gasteiger partial charge in [-0.25, -0.2) is 0 Å². The number of hydrogen-bond donors (Lipinski definition) is 1. The molecule has 0 fully saturated rings. The van der Waals surface area contributed by atoms with Gasteiger partial charge in [0, 0.05) is 25.5 Å². The Balaban J connectivity index is 2.15. The molecule has 0 aliphatic heterocycles. The van der Waals surface area contributed by atoms with Crippen LogP contribution in [0.1, 0.15) is 24.3 Å². The average Bonchev–Trinajstić information content (AvgIpc) is 2.78. The Hall–Kier alpha value is -1.42. The number of furan rings is 1. The Labute approximate surface area is 122 Å². The first-order chi connectivity index (χ1) is 8.97. The summed E-state index contributed by atoms with van der Waals surface area (Å²) >= 11 is 3.33. The van der Waals surface area contributed by atoms with Crippen molar-refractivity contribution in [2.45, 2.75) is 19.9 Å². The molecule has 0 bridgehead atoms. The van der Waals surface area contributed by atoms with Crippen LogP contribution in [0.3, 0.4) is 0 Å². The van der Waals surface area contributed by atoms with E-state index in [-0.39, 0.29) is 6.04 Å². The van der Waals surface area contributed by atoms with Crippen LogP contribution in [0, 0.1) is 6.92 Å². The molecule has 0 radical (unpaired) electrons. The summed E-state index contributed by atoms with van der Waals surface area (Å²) in [5.41, 5.74) is 3.56. The van der Waals surface area contributed by atoms with Crippen LogP contribution in [-0.2, 0) is 0 Å². The summed E-state index contributed by atoms with van der Waals surface area (Å²) in [5.74, 6) is 0.919. The van der Waals surface area contributed by atoms with Crippen LogP contribution in [-0.4, -0.2) is 14.1 Å². The molecule has 1 aromatic heterocycles. The molecule has 1 atom stereocenters. The van der Waals surface area contributed by atoms with Gasteiger partial charge in [0.1, 0.15) is 5.76 Å². The van der Waals surface area contributed by atoms with Crippen molar-refractivity contribution in [1.29, 1.82) is 0 Å². The van der Waals surface area contributed by atoms with Crippen LogP contribution in [0.25, 0.3) is 0 Å². The number of rotatable bonds is 4. The second kappa shape index (κ2) is 5.70. The number of aryl methyl sites for hydroxylation is 1. The van der Waals surface area contributed by atoms with Gasteiger partial charge >= 0.3 is 0 Å². The molecule has 3 nitrogen and oxygen atoms in total. The molecule has 1 aromatic carbocycles. The van der Waals surface area contributed by atoms with Gasteiger partial charge in [0.2, 0.25) is 0 Å². The zero-order valence-electron chi connectivity index (χ0n) is 11.7. The maximum absolute atomic E-state index is 5.57. The SMILES string of the molecule is Cc1cc(N(C)C)ccc1NC(C)c1ccc(Br)o1. The Bertz CT molecular complexity index is 563. The van der Waals surface area contributed by atoms with Gasteiger partial charge in [0.15, 0.2) is 4.67 Å². The maximum atomic E-state index is 5.57. The first kappa shape index (κ1) is 14.0. The standard InChI is InChI=1S/C15H19BrN2O/c1-10-9-12(18(3)4)5-6-13(10)17-11(2)14-7-8-15(16)19-14/h5-9,11,17H,1-4H3. The quantitative estimate of drug-likeness (QED) is 0.892. The summed E-state index contributed by atoms with van der Waals surface area (Å²) in [6.07, 6.45) is 0. The van der Waals surface area contributed by atoms with Gasteiger partial charge in [0.25, 0.3) is 0 Å². The van der Waals surface area contributed by atoms with Crippen LogP contribution in [0.2, 0.25) is 0 Å². The predicted octanol–water partition coefficient (Wildman–Crippen LogP) is 4.59. The van der Waals surface area contributed by atoms with Crippen LogP contribution in [0.15, 0.2) is 39.4 Å². The Kier molecular flexibility index (Phi) is 4.20. The van der Waals surface area contributed by atoms with Gasteiger partial charge in [-0.3, -0.25) is 0 Å². The fraction of sp³-hybridized carbons (Fsp3) is 0.333. The van der Waals surface area contributed by atoms with Gasteiger partial charge in [-0.05, 0) is 65.7 Å². The molecule has 4 heteroatoms. The van der Waals surface area contributed by atoms with Gasteiger partial charge in [0.05, 0.1) is 6.04 Å². The third kappa shape index (κ3) is 3.32. The lowest BCUT2D eigenvalue weighted by molar-refractivity contribution is 0.471. The van der Waals surface area contributed by atoms with E-state index in [0.717, 1.165) is 16.1 Å². The monoisotopic (exact) mass is 322 g/mol. The number of benzene rings is 1. The molecule has 1 unspecified atom stereocenters. The second-order valence-electron chi connectivity index (χ2n) is 4.90. The molecule has 0 amide bonds. The topological polar surface area (TPSA) is 28.4 Å². The minimum atomic E-state index is 0.134. The Morgan fingerprint density at radius 2 is 1.95 bits per heavy atom. The van der Waals surface area contributed by atoms with Crippen LogP contribution < -0.4 is 10.2 Å². The molecule has 0 aliphatic rings. The number of anilines is 2. The highest BCUT2D eigenvalue weighted by Gasteiger charge is 2.11. The zero-order chi connectivity index (χ0) is 14.0. The summed E-state index contributed by atoms with van der Waals surface area (Å²) < 4.78 is 6.33. The van der Waals surface area contributed by atoms with Crippen molar-refractivity contribution in [3.63, 3.8) is 0 Å². The average molecular weight is 323 g/mol. The lowest BCUT2D eigenvalue weighted by Gasteiger charge is -2.18. The van der Waals surface area contributed by atoms with E-state index in [0.29, 0.717) is 0 Å². The third-order valence-corrected chi connectivity index (χ3v) is 3.55. The molecule has 0 spiro atoms. The largest absolute Gasteiger partial charge is 0.452 e. The van der Waals surface area contributed by atoms with Gasteiger partial charge in [-0.15, -0.1) is 0 Å². The second-order valence-corrected chi connectivity index (χ2v) is 5.68. The van der Waals surface area contributed by atoms with Crippen molar-refractivity contribution in [1.82, 2.24) is 0 Å². The smallest absolute Gasteiger partial charge is 0.169 e. The van der Waals surface area contributed by atoms with Gasteiger partial charge in [-0.2, -0.15) is 0 Å². The highest BCUT2D eigenvalue weighted by molar-refractivity contribution is 9.10.